The van der Waals surface area contributed by atoms with Crippen LogP contribution in [-0.2, 0) is 9.59 Å². The van der Waals surface area contributed by atoms with Crippen LogP contribution in [0.15, 0.2) is 53.9 Å². The molecule has 4 N–H and O–H groups in total. The van der Waals surface area contributed by atoms with Gasteiger partial charge in [-0.15, -0.1) is 11.3 Å². The van der Waals surface area contributed by atoms with E-state index in [1.165, 1.54) is 16.2 Å². The van der Waals surface area contributed by atoms with E-state index in [2.05, 4.69) is 10.3 Å². The molecule has 1 aliphatic carbocycles. The average Bonchev–Trinajstić information content (AvgIpc) is 3.29. The maximum absolute atomic E-state index is 13.4. The van der Waals surface area contributed by atoms with E-state index in [4.69, 9.17) is 10.5 Å². The Morgan fingerprint density at radius 1 is 1.12 bits per heavy atom. The van der Waals surface area contributed by atoms with Crippen LogP contribution in [0, 0.1) is 5.92 Å². The van der Waals surface area contributed by atoms with Gasteiger partial charge >= 0.3 is 0 Å². The minimum Gasteiger partial charge on any atom is -0.497 e. The second-order valence-electron chi connectivity index (χ2n) is 8.32. The molecule has 1 fully saturated rings. The lowest BCUT2D eigenvalue weighted by molar-refractivity contribution is -0.125. The van der Waals surface area contributed by atoms with E-state index in [0.29, 0.717) is 47.9 Å². The Morgan fingerprint density at radius 2 is 1.79 bits per heavy atom. The van der Waals surface area contributed by atoms with Crippen molar-refractivity contribution in [2.45, 2.75) is 31.8 Å². The fourth-order valence-corrected chi connectivity index (χ4v) is 4.66. The number of carbonyl (C=O) groups excluding carboxylic acids is 2. The van der Waals surface area contributed by atoms with Gasteiger partial charge in [-0.3, -0.25) is 9.59 Å². The summed E-state index contributed by atoms with van der Waals surface area (Å²) in [5.41, 5.74) is 8.65. The molecule has 0 bridgehead atoms. The Labute approximate surface area is 202 Å². The number of amides is 2. The van der Waals surface area contributed by atoms with Crippen LogP contribution in [0.1, 0.15) is 25.7 Å². The predicted molar refractivity (Wildman–Crippen MR) is 134 cm³/mol. The Balaban J connectivity index is 1.47. The van der Waals surface area contributed by atoms with Crippen molar-refractivity contribution in [3.63, 3.8) is 0 Å². The molecule has 0 spiro atoms. The van der Waals surface area contributed by atoms with E-state index in [-0.39, 0.29) is 30.4 Å². The molecule has 34 heavy (non-hydrogen) atoms. The molecule has 3 aromatic rings. The number of rotatable bonds is 7. The van der Waals surface area contributed by atoms with Gasteiger partial charge in [-0.05, 0) is 62.1 Å². The average molecular weight is 481 g/mol. The molecule has 0 atom stereocenters. The van der Waals surface area contributed by atoms with Gasteiger partial charge in [0.05, 0.1) is 18.9 Å². The highest BCUT2D eigenvalue weighted by molar-refractivity contribution is 7.13. The van der Waals surface area contributed by atoms with Gasteiger partial charge in [0.1, 0.15) is 12.3 Å². The number of aliphatic hydroxyl groups excluding tert-OH is 1. The summed E-state index contributed by atoms with van der Waals surface area (Å²) in [6.07, 6.45) is 2.05. The standard InChI is InChI=1S/C25H28N4O4S/c1-33-21-12-8-19(9-13-21)29(24(32)17-4-10-20(30)11-5-17)14-23(31)27-18-6-2-16(3-7-18)22-15-34-25(26)28-22/h2-3,6-9,12-13,15,17,20,30H,4-5,10-11,14H2,1H3,(H2,26,28)(H,27,31). The molecule has 2 amide bonds. The topological polar surface area (TPSA) is 118 Å². The minimum atomic E-state index is -0.356. The quantitative estimate of drug-likeness (QED) is 0.472. The largest absolute Gasteiger partial charge is 0.497 e. The number of benzene rings is 2. The SMILES string of the molecule is COc1ccc(N(CC(=O)Nc2ccc(-c3csc(N)n3)cc2)C(=O)C2CCC(O)CC2)cc1. The molecule has 4 rings (SSSR count). The van der Waals surface area contributed by atoms with Gasteiger partial charge in [0.15, 0.2) is 5.13 Å². The second-order valence-corrected chi connectivity index (χ2v) is 9.21. The summed E-state index contributed by atoms with van der Waals surface area (Å²) in [6, 6.07) is 14.4. The van der Waals surface area contributed by atoms with Gasteiger partial charge in [-0.1, -0.05) is 12.1 Å². The predicted octanol–water partition coefficient (Wildman–Crippen LogP) is 3.92. The fraction of sp³-hybridized carbons (Fsp3) is 0.320. The lowest BCUT2D eigenvalue weighted by atomic mass is 9.86. The smallest absolute Gasteiger partial charge is 0.244 e. The van der Waals surface area contributed by atoms with Crippen LogP contribution in [0.5, 0.6) is 5.75 Å². The number of nitrogens with zero attached hydrogens (tertiary/aromatic N) is 2. The summed E-state index contributed by atoms with van der Waals surface area (Å²) in [5, 5.41) is 15.1. The highest BCUT2D eigenvalue weighted by Gasteiger charge is 2.30. The number of nitrogen functional groups attached to an aromatic ring is 1. The first-order valence-electron chi connectivity index (χ1n) is 11.2. The monoisotopic (exact) mass is 480 g/mol. The van der Waals surface area contributed by atoms with Crippen molar-refractivity contribution in [2.24, 2.45) is 5.92 Å². The van der Waals surface area contributed by atoms with E-state index in [1.54, 1.807) is 43.5 Å². The highest BCUT2D eigenvalue weighted by atomic mass is 32.1. The van der Waals surface area contributed by atoms with Gasteiger partial charge in [-0.2, -0.15) is 0 Å². The lowest BCUT2D eigenvalue weighted by Gasteiger charge is -2.30. The molecule has 178 valence electrons. The van der Waals surface area contributed by atoms with E-state index in [9.17, 15) is 14.7 Å². The van der Waals surface area contributed by atoms with E-state index >= 15 is 0 Å². The van der Waals surface area contributed by atoms with E-state index in [0.717, 1.165) is 11.3 Å². The van der Waals surface area contributed by atoms with Crippen LogP contribution in [-0.4, -0.2) is 41.7 Å². The number of carbonyl (C=O) groups is 2. The zero-order valence-electron chi connectivity index (χ0n) is 18.9. The zero-order valence-corrected chi connectivity index (χ0v) is 19.8. The van der Waals surface area contributed by atoms with E-state index < -0.39 is 0 Å². The van der Waals surface area contributed by atoms with Crippen molar-refractivity contribution in [1.29, 1.82) is 0 Å². The van der Waals surface area contributed by atoms with Gasteiger partial charge in [-0.25, -0.2) is 4.98 Å². The molecule has 1 saturated carbocycles. The maximum atomic E-state index is 13.4. The number of hydrogen-bond acceptors (Lipinski definition) is 7. The fourth-order valence-electron chi connectivity index (χ4n) is 4.09. The third-order valence-electron chi connectivity index (χ3n) is 5.98. The molecule has 1 aliphatic rings. The molecule has 0 aliphatic heterocycles. The molecule has 0 unspecified atom stereocenters. The molecule has 1 heterocycles. The van der Waals surface area contributed by atoms with Gasteiger partial charge in [0.25, 0.3) is 0 Å². The molecule has 1 aromatic heterocycles. The molecule has 8 nitrogen and oxygen atoms in total. The van der Waals surface area contributed by atoms with Crippen molar-refractivity contribution in [1.82, 2.24) is 4.98 Å². The molecular formula is C25H28N4O4S. The summed E-state index contributed by atoms with van der Waals surface area (Å²) in [7, 11) is 1.58. The molecule has 9 heteroatoms. The van der Waals surface area contributed by atoms with Crippen molar-refractivity contribution in [3.05, 3.63) is 53.9 Å². The number of nitrogens with two attached hydrogens (primary N) is 1. The number of hydrogen-bond donors (Lipinski definition) is 3. The number of aromatic nitrogens is 1. The second kappa shape index (κ2) is 10.7. The third kappa shape index (κ3) is 5.73. The first-order chi connectivity index (χ1) is 16.4. The van der Waals surface area contributed by atoms with Crippen LogP contribution in [0.4, 0.5) is 16.5 Å². The van der Waals surface area contributed by atoms with Crippen LogP contribution < -0.4 is 20.7 Å². The Morgan fingerprint density at radius 3 is 2.38 bits per heavy atom. The van der Waals surface area contributed by atoms with Crippen molar-refractivity contribution in [2.75, 3.05) is 29.6 Å². The molecular weight excluding hydrogens is 452 g/mol. The zero-order chi connectivity index (χ0) is 24.1. The summed E-state index contributed by atoms with van der Waals surface area (Å²) < 4.78 is 5.22. The van der Waals surface area contributed by atoms with Gasteiger partial charge in [0, 0.05) is 28.2 Å². The normalized spacial score (nSPS) is 17.7. The van der Waals surface area contributed by atoms with E-state index in [1.807, 2.05) is 17.5 Å². The summed E-state index contributed by atoms with van der Waals surface area (Å²) >= 11 is 1.37. The Bertz CT molecular complexity index is 1120. The molecule has 0 radical (unpaired) electrons. The first-order valence-corrected chi connectivity index (χ1v) is 12.1. The van der Waals surface area contributed by atoms with Crippen LogP contribution in [0.25, 0.3) is 11.3 Å². The Hall–Kier alpha value is -3.43. The third-order valence-corrected chi connectivity index (χ3v) is 6.66. The summed E-state index contributed by atoms with van der Waals surface area (Å²) in [5.74, 6) is 0.0424. The van der Waals surface area contributed by atoms with Crippen molar-refractivity contribution < 1.29 is 19.4 Å². The Kier molecular flexibility index (Phi) is 7.44. The molecule has 0 saturated heterocycles. The molecule has 2 aromatic carbocycles. The van der Waals surface area contributed by atoms with Crippen LogP contribution in [0.3, 0.4) is 0 Å². The number of thiazole rings is 1. The first kappa shape index (κ1) is 23.7. The number of ether oxygens (including phenoxy) is 1. The van der Waals surface area contributed by atoms with Crippen LogP contribution in [0.2, 0.25) is 0 Å². The van der Waals surface area contributed by atoms with Gasteiger partial charge < -0.3 is 25.8 Å². The maximum Gasteiger partial charge on any atom is 0.244 e. The van der Waals surface area contributed by atoms with Gasteiger partial charge in [0.2, 0.25) is 11.8 Å². The lowest BCUT2D eigenvalue weighted by Crippen LogP contribution is -2.42. The minimum absolute atomic E-state index is 0.108. The number of aliphatic hydroxyl groups is 1. The number of anilines is 3. The summed E-state index contributed by atoms with van der Waals surface area (Å²) in [4.78, 5) is 32.1. The number of methoxy groups -OCH3 is 1. The van der Waals surface area contributed by atoms with Crippen molar-refractivity contribution >= 4 is 39.7 Å². The highest BCUT2D eigenvalue weighted by Crippen LogP contribution is 2.29. The number of nitrogens with one attached hydrogen (secondary N) is 1. The summed E-state index contributed by atoms with van der Waals surface area (Å²) in [6.45, 7) is -0.116. The van der Waals surface area contributed by atoms with Crippen molar-refractivity contribution in [3.8, 4) is 17.0 Å². The van der Waals surface area contributed by atoms with Crippen LogP contribution >= 0.6 is 11.3 Å².